The molecule has 0 amide bonds. The van der Waals surface area contributed by atoms with Crippen LogP contribution in [-0.2, 0) is 10.0 Å². The van der Waals surface area contributed by atoms with Gasteiger partial charge in [0.2, 0.25) is 10.0 Å². The molecule has 5 nitrogen and oxygen atoms in total. The number of benzene rings is 1. The first-order valence-electron chi connectivity index (χ1n) is 6.24. The third kappa shape index (κ3) is 2.86. The Morgan fingerprint density at radius 2 is 1.85 bits per heavy atom. The number of nitrogens with zero attached hydrogens (tertiary/aromatic N) is 1. The number of sulfonamides is 1. The summed E-state index contributed by atoms with van der Waals surface area (Å²) in [6.07, 6.45) is 1.59. The Morgan fingerprint density at radius 3 is 2.45 bits per heavy atom. The lowest BCUT2D eigenvalue weighted by Gasteiger charge is -2.18. The first-order chi connectivity index (χ1) is 9.43. The predicted molar refractivity (Wildman–Crippen MR) is 78.1 cm³/mol. The van der Waals surface area contributed by atoms with E-state index in [1.807, 2.05) is 13.0 Å². The van der Waals surface area contributed by atoms with Gasteiger partial charge < -0.3 is 9.73 Å². The highest BCUT2D eigenvalue weighted by Crippen LogP contribution is 2.27. The summed E-state index contributed by atoms with van der Waals surface area (Å²) in [6, 6.07) is 10.4. The van der Waals surface area contributed by atoms with E-state index in [0.717, 1.165) is 5.76 Å². The third-order valence-electron chi connectivity index (χ3n) is 2.99. The number of hydrogen-bond acceptors (Lipinski definition) is 4. The van der Waals surface area contributed by atoms with Crippen LogP contribution >= 0.6 is 0 Å². The summed E-state index contributed by atoms with van der Waals surface area (Å²) in [5, 5.41) is 3.17. The van der Waals surface area contributed by atoms with Gasteiger partial charge in [0, 0.05) is 14.1 Å². The van der Waals surface area contributed by atoms with Crippen molar-refractivity contribution in [2.24, 2.45) is 0 Å². The van der Waals surface area contributed by atoms with E-state index < -0.39 is 10.0 Å². The van der Waals surface area contributed by atoms with Crippen LogP contribution in [0.1, 0.15) is 18.7 Å². The average Bonchev–Trinajstić information content (AvgIpc) is 2.93. The minimum Gasteiger partial charge on any atom is -0.467 e. The van der Waals surface area contributed by atoms with Gasteiger partial charge in [-0.05, 0) is 31.2 Å². The van der Waals surface area contributed by atoms with Crippen molar-refractivity contribution in [1.82, 2.24) is 4.31 Å². The molecule has 1 atom stereocenters. The fourth-order valence-corrected chi connectivity index (χ4v) is 2.90. The molecule has 1 heterocycles. The van der Waals surface area contributed by atoms with Gasteiger partial charge in [-0.1, -0.05) is 12.1 Å². The SMILES string of the molecule is CC(Nc1ccccc1S(=O)(=O)N(C)C)c1ccco1. The third-order valence-corrected chi connectivity index (χ3v) is 4.86. The molecule has 0 saturated carbocycles. The zero-order valence-corrected chi connectivity index (χ0v) is 12.5. The summed E-state index contributed by atoms with van der Waals surface area (Å²) in [5.74, 6) is 0.752. The van der Waals surface area contributed by atoms with Crippen molar-refractivity contribution >= 4 is 15.7 Å². The molecule has 1 aromatic carbocycles. The second-order valence-corrected chi connectivity index (χ2v) is 6.79. The molecule has 2 rings (SSSR count). The molecule has 6 heteroatoms. The van der Waals surface area contributed by atoms with Gasteiger partial charge in [0.05, 0.1) is 18.0 Å². The summed E-state index contributed by atoms with van der Waals surface area (Å²) in [6.45, 7) is 1.91. The topological polar surface area (TPSA) is 62.6 Å². The largest absolute Gasteiger partial charge is 0.467 e. The van der Waals surface area contributed by atoms with Crippen molar-refractivity contribution in [2.45, 2.75) is 17.9 Å². The Hall–Kier alpha value is -1.79. The summed E-state index contributed by atoms with van der Waals surface area (Å²) in [7, 11) is -0.450. The van der Waals surface area contributed by atoms with Crippen LogP contribution in [0.2, 0.25) is 0 Å². The van der Waals surface area contributed by atoms with Crippen LogP contribution < -0.4 is 5.32 Å². The van der Waals surface area contributed by atoms with Gasteiger partial charge in [0.25, 0.3) is 0 Å². The lowest BCUT2D eigenvalue weighted by molar-refractivity contribution is 0.490. The van der Waals surface area contributed by atoms with Gasteiger partial charge in [-0.25, -0.2) is 12.7 Å². The van der Waals surface area contributed by atoms with E-state index in [0.29, 0.717) is 5.69 Å². The van der Waals surface area contributed by atoms with Crippen LogP contribution in [0.5, 0.6) is 0 Å². The Morgan fingerprint density at radius 1 is 1.15 bits per heavy atom. The highest BCUT2D eigenvalue weighted by molar-refractivity contribution is 7.89. The second kappa shape index (κ2) is 5.68. The maximum atomic E-state index is 12.3. The Kier molecular flexibility index (Phi) is 4.15. The normalized spacial score (nSPS) is 13.4. The van der Waals surface area contributed by atoms with Gasteiger partial charge >= 0.3 is 0 Å². The predicted octanol–water partition coefficient (Wildman–Crippen LogP) is 2.70. The number of nitrogens with one attached hydrogen (secondary N) is 1. The summed E-state index contributed by atoms with van der Waals surface area (Å²) >= 11 is 0. The molecule has 0 spiro atoms. The molecule has 0 radical (unpaired) electrons. The summed E-state index contributed by atoms with van der Waals surface area (Å²) < 4.78 is 31.1. The first-order valence-corrected chi connectivity index (χ1v) is 7.68. The summed E-state index contributed by atoms with van der Waals surface area (Å²) in [5.41, 5.74) is 0.560. The van der Waals surface area contributed by atoms with Crippen LogP contribution in [0.15, 0.2) is 52.0 Å². The molecule has 0 aliphatic rings. The lowest BCUT2D eigenvalue weighted by atomic mass is 10.2. The molecule has 0 fully saturated rings. The standard InChI is InChI=1S/C14H18N2O3S/c1-11(13-8-6-10-19-13)15-12-7-4-5-9-14(12)20(17,18)16(2)3/h4-11,15H,1-3H3. The number of anilines is 1. The Balaban J connectivity index is 2.34. The zero-order chi connectivity index (χ0) is 14.8. The first kappa shape index (κ1) is 14.6. The van der Waals surface area contributed by atoms with Crippen LogP contribution in [0.4, 0.5) is 5.69 Å². The molecule has 0 aliphatic heterocycles. The molecule has 0 bridgehead atoms. The molecule has 1 N–H and O–H groups in total. The van der Waals surface area contributed by atoms with Crippen molar-refractivity contribution in [3.63, 3.8) is 0 Å². The molecule has 108 valence electrons. The molecule has 20 heavy (non-hydrogen) atoms. The van der Waals surface area contributed by atoms with Crippen LogP contribution in [0.25, 0.3) is 0 Å². The van der Waals surface area contributed by atoms with Crippen LogP contribution in [0.3, 0.4) is 0 Å². The van der Waals surface area contributed by atoms with Crippen molar-refractivity contribution in [3.05, 3.63) is 48.4 Å². The lowest BCUT2D eigenvalue weighted by Crippen LogP contribution is -2.23. The molecule has 0 aliphatic carbocycles. The second-order valence-electron chi connectivity index (χ2n) is 4.67. The van der Waals surface area contributed by atoms with E-state index in [4.69, 9.17) is 4.42 Å². The number of furan rings is 1. The Labute approximate surface area is 119 Å². The molecular weight excluding hydrogens is 276 g/mol. The highest BCUT2D eigenvalue weighted by atomic mass is 32.2. The summed E-state index contributed by atoms with van der Waals surface area (Å²) in [4.78, 5) is 0.253. The van der Waals surface area contributed by atoms with E-state index in [-0.39, 0.29) is 10.9 Å². The van der Waals surface area contributed by atoms with E-state index in [1.165, 1.54) is 18.4 Å². The monoisotopic (exact) mass is 294 g/mol. The molecule has 1 unspecified atom stereocenters. The van der Waals surface area contributed by atoms with E-state index in [1.54, 1.807) is 36.6 Å². The molecule has 1 aromatic heterocycles. The Bertz CT molecular complexity index is 663. The molecule has 0 saturated heterocycles. The van der Waals surface area contributed by atoms with E-state index in [2.05, 4.69) is 5.32 Å². The quantitative estimate of drug-likeness (QED) is 0.921. The molecular formula is C14H18N2O3S. The van der Waals surface area contributed by atoms with E-state index in [9.17, 15) is 8.42 Å². The van der Waals surface area contributed by atoms with Crippen molar-refractivity contribution in [1.29, 1.82) is 0 Å². The number of para-hydroxylation sites is 1. The molecule has 2 aromatic rings. The van der Waals surface area contributed by atoms with Gasteiger partial charge in [0.1, 0.15) is 10.7 Å². The maximum absolute atomic E-state index is 12.3. The van der Waals surface area contributed by atoms with Gasteiger partial charge in [-0.2, -0.15) is 0 Å². The van der Waals surface area contributed by atoms with Crippen LogP contribution in [0, 0.1) is 0 Å². The average molecular weight is 294 g/mol. The van der Waals surface area contributed by atoms with Crippen LogP contribution in [-0.4, -0.2) is 26.8 Å². The smallest absolute Gasteiger partial charge is 0.244 e. The van der Waals surface area contributed by atoms with Crippen molar-refractivity contribution in [3.8, 4) is 0 Å². The fourth-order valence-electron chi connectivity index (χ4n) is 1.85. The van der Waals surface area contributed by atoms with Gasteiger partial charge in [-0.15, -0.1) is 0 Å². The van der Waals surface area contributed by atoms with Gasteiger partial charge in [-0.3, -0.25) is 0 Å². The minimum absolute atomic E-state index is 0.122. The van der Waals surface area contributed by atoms with Crippen molar-refractivity contribution < 1.29 is 12.8 Å². The fraction of sp³-hybridized carbons (Fsp3) is 0.286. The number of hydrogen-bond donors (Lipinski definition) is 1. The van der Waals surface area contributed by atoms with Crippen molar-refractivity contribution in [2.75, 3.05) is 19.4 Å². The number of rotatable bonds is 5. The van der Waals surface area contributed by atoms with Gasteiger partial charge in [0.15, 0.2) is 0 Å². The highest BCUT2D eigenvalue weighted by Gasteiger charge is 2.22. The zero-order valence-electron chi connectivity index (χ0n) is 11.7. The maximum Gasteiger partial charge on any atom is 0.244 e. The minimum atomic E-state index is -3.48. The van der Waals surface area contributed by atoms with E-state index >= 15 is 0 Å².